The molecule has 0 aliphatic rings. The summed E-state index contributed by atoms with van der Waals surface area (Å²) in [6.45, 7) is 3.36. The lowest BCUT2D eigenvalue weighted by Gasteiger charge is -2.13. The molecular formula is C19H19ClN6O2. The Hall–Kier alpha value is -3.39. The smallest absolute Gasteiger partial charge is 0.249 e. The van der Waals surface area contributed by atoms with E-state index < -0.39 is 0 Å². The Labute approximate surface area is 167 Å². The predicted octanol–water partition coefficient (Wildman–Crippen LogP) is 4.29. The van der Waals surface area contributed by atoms with Crippen molar-refractivity contribution in [2.45, 2.75) is 13.8 Å². The molecule has 3 aromatic rings. The van der Waals surface area contributed by atoms with Gasteiger partial charge in [-0.25, -0.2) is 0 Å². The summed E-state index contributed by atoms with van der Waals surface area (Å²) in [5.74, 6) is 1.23. The number of nitrogens with one attached hydrogen (secondary N) is 3. The number of amides is 1. The third-order valence-electron chi connectivity index (χ3n) is 3.74. The number of benzene rings is 2. The summed E-state index contributed by atoms with van der Waals surface area (Å²) >= 11 is 6.15. The van der Waals surface area contributed by atoms with Gasteiger partial charge in [-0.2, -0.15) is 10.1 Å². The van der Waals surface area contributed by atoms with Crippen molar-refractivity contribution < 1.29 is 9.53 Å². The van der Waals surface area contributed by atoms with Gasteiger partial charge in [-0.15, -0.1) is 5.10 Å². The first kappa shape index (κ1) is 19.4. The van der Waals surface area contributed by atoms with Crippen LogP contribution in [0.25, 0.3) is 0 Å². The number of hydrogen-bond acceptors (Lipinski definition) is 7. The van der Waals surface area contributed by atoms with Crippen LogP contribution >= 0.6 is 11.6 Å². The minimum absolute atomic E-state index is 0.145. The normalized spacial score (nSPS) is 10.3. The maximum absolute atomic E-state index is 11.2. The second-order valence-corrected chi connectivity index (χ2v) is 6.39. The van der Waals surface area contributed by atoms with Gasteiger partial charge in [0.1, 0.15) is 5.75 Å². The fraction of sp³-hybridized carbons (Fsp3) is 0.158. The number of ether oxygens (including phenoxy) is 1. The topological polar surface area (TPSA) is 101 Å². The molecule has 2 aromatic carbocycles. The van der Waals surface area contributed by atoms with Gasteiger partial charge in [-0.05, 0) is 36.8 Å². The number of methoxy groups -OCH3 is 1. The molecule has 0 fully saturated rings. The zero-order valence-corrected chi connectivity index (χ0v) is 16.3. The van der Waals surface area contributed by atoms with Gasteiger partial charge in [0.2, 0.25) is 11.9 Å². The Balaban J connectivity index is 1.80. The minimum atomic E-state index is -0.145. The SMILES string of the molecule is COc1cc(Cl)c(C)cc1Nc1cnnc(Nc2cccc(NC(C)=O)c2)n1. The highest BCUT2D eigenvalue weighted by Crippen LogP contribution is 2.32. The van der Waals surface area contributed by atoms with Crippen LogP contribution in [0.5, 0.6) is 5.75 Å². The van der Waals surface area contributed by atoms with Gasteiger partial charge >= 0.3 is 0 Å². The highest BCUT2D eigenvalue weighted by atomic mass is 35.5. The average molecular weight is 399 g/mol. The monoisotopic (exact) mass is 398 g/mol. The third-order valence-corrected chi connectivity index (χ3v) is 4.15. The standard InChI is InChI=1S/C19H19ClN6O2/c1-11-7-16(17(28-3)9-15(11)20)24-18-10-21-26-19(25-18)23-14-6-4-5-13(8-14)22-12(2)27/h4-10H,1-3H3,(H,22,27)(H2,23,24,25,26). The number of aromatic nitrogens is 3. The number of carbonyl (C=O) groups excluding carboxylic acids is 1. The van der Waals surface area contributed by atoms with Crippen LogP contribution in [0.1, 0.15) is 12.5 Å². The lowest BCUT2D eigenvalue weighted by Crippen LogP contribution is -2.06. The van der Waals surface area contributed by atoms with Crippen LogP contribution in [0, 0.1) is 6.92 Å². The van der Waals surface area contributed by atoms with Gasteiger partial charge in [-0.3, -0.25) is 4.79 Å². The molecule has 3 N–H and O–H groups in total. The molecule has 3 rings (SSSR count). The van der Waals surface area contributed by atoms with Gasteiger partial charge in [0.15, 0.2) is 5.82 Å². The van der Waals surface area contributed by atoms with Crippen molar-refractivity contribution in [3.8, 4) is 5.75 Å². The molecule has 1 aromatic heterocycles. The van der Waals surface area contributed by atoms with Gasteiger partial charge in [0.05, 0.1) is 19.0 Å². The third kappa shape index (κ3) is 4.86. The summed E-state index contributed by atoms with van der Waals surface area (Å²) in [6.07, 6.45) is 1.50. The summed E-state index contributed by atoms with van der Waals surface area (Å²) in [5.41, 5.74) is 3.00. The Morgan fingerprint density at radius 1 is 1.14 bits per heavy atom. The van der Waals surface area contributed by atoms with E-state index in [1.54, 1.807) is 25.3 Å². The summed E-state index contributed by atoms with van der Waals surface area (Å²) < 4.78 is 5.36. The highest BCUT2D eigenvalue weighted by Gasteiger charge is 2.09. The molecule has 9 heteroatoms. The number of rotatable bonds is 6. The summed E-state index contributed by atoms with van der Waals surface area (Å²) in [6, 6.07) is 10.8. The van der Waals surface area contributed by atoms with Crippen molar-refractivity contribution in [3.05, 3.63) is 53.2 Å². The average Bonchev–Trinajstić information content (AvgIpc) is 2.64. The molecule has 0 unspecified atom stereocenters. The molecule has 28 heavy (non-hydrogen) atoms. The van der Waals surface area contributed by atoms with E-state index in [2.05, 4.69) is 31.1 Å². The van der Waals surface area contributed by atoms with E-state index in [1.165, 1.54) is 13.1 Å². The number of carbonyl (C=O) groups is 1. The summed E-state index contributed by atoms with van der Waals surface area (Å²) in [7, 11) is 1.57. The van der Waals surface area contributed by atoms with E-state index in [0.717, 1.165) is 5.56 Å². The van der Waals surface area contributed by atoms with E-state index in [4.69, 9.17) is 16.3 Å². The van der Waals surface area contributed by atoms with E-state index in [-0.39, 0.29) is 5.91 Å². The van der Waals surface area contributed by atoms with Gasteiger partial charge in [0.25, 0.3) is 0 Å². The lowest BCUT2D eigenvalue weighted by molar-refractivity contribution is -0.114. The quantitative estimate of drug-likeness (QED) is 0.569. The Bertz CT molecular complexity index is 1010. The van der Waals surface area contributed by atoms with Crippen LogP contribution in [0.4, 0.5) is 28.8 Å². The van der Waals surface area contributed by atoms with Crippen LogP contribution < -0.4 is 20.7 Å². The number of hydrogen-bond donors (Lipinski definition) is 3. The second-order valence-electron chi connectivity index (χ2n) is 5.98. The van der Waals surface area contributed by atoms with Crippen molar-refractivity contribution in [3.63, 3.8) is 0 Å². The molecule has 0 atom stereocenters. The first-order chi connectivity index (χ1) is 13.4. The molecular weight excluding hydrogens is 380 g/mol. The maximum atomic E-state index is 11.2. The molecule has 0 saturated carbocycles. The molecule has 0 saturated heterocycles. The van der Waals surface area contributed by atoms with E-state index in [0.29, 0.717) is 39.6 Å². The van der Waals surface area contributed by atoms with Crippen molar-refractivity contribution in [1.82, 2.24) is 15.2 Å². The van der Waals surface area contributed by atoms with Crippen molar-refractivity contribution in [1.29, 1.82) is 0 Å². The van der Waals surface area contributed by atoms with E-state index in [9.17, 15) is 4.79 Å². The van der Waals surface area contributed by atoms with E-state index in [1.807, 2.05) is 25.1 Å². The number of aryl methyl sites for hydroxylation is 1. The number of anilines is 5. The van der Waals surface area contributed by atoms with Crippen LogP contribution in [-0.4, -0.2) is 28.2 Å². The minimum Gasteiger partial charge on any atom is -0.495 e. The largest absolute Gasteiger partial charge is 0.495 e. The lowest BCUT2D eigenvalue weighted by atomic mass is 10.2. The van der Waals surface area contributed by atoms with Crippen LogP contribution in [0.15, 0.2) is 42.6 Å². The zero-order valence-electron chi connectivity index (χ0n) is 15.6. The molecule has 1 heterocycles. The van der Waals surface area contributed by atoms with Crippen LogP contribution in [0.2, 0.25) is 5.02 Å². The molecule has 0 radical (unpaired) electrons. The molecule has 144 valence electrons. The first-order valence-corrected chi connectivity index (χ1v) is 8.78. The molecule has 0 bridgehead atoms. The number of halogens is 1. The molecule has 0 spiro atoms. The van der Waals surface area contributed by atoms with Gasteiger partial charge < -0.3 is 20.7 Å². The Kier molecular flexibility index (Phi) is 5.90. The fourth-order valence-electron chi connectivity index (χ4n) is 2.49. The van der Waals surface area contributed by atoms with Gasteiger partial charge in [-0.1, -0.05) is 17.7 Å². The second kappa shape index (κ2) is 8.53. The summed E-state index contributed by atoms with van der Waals surface area (Å²) in [5, 5.41) is 17.5. The zero-order chi connectivity index (χ0) is 20.1. The first-order valence-electron chi connectivity index (χ1n) is 8.40. The molecule has 8 nitrogen and oxygen atoms in total. The molecule has 1 amide bonds. The van der Waals surface area contributed by atoms with Crippen LogP contribution in [-0.2, 0) is 4.79 Å². The summed E-state index contributed by atoms with van der Waals surface area (Å²) in [4.78, 5) is 15.6. The van der Waals surface area contributed by atoms with E-state index >= 15 is 0 Å². The Morgan fingerprint density at radius 3 is 2.68 bits per heavy atom. The predicted molar refractivity (Wildman–Crippen MR) is 110 cm³/mol. The van der Waals surface area contributed by atoms with Crippen molar-refractivity contribution in [2.75, 3.05) is 23.1 Å². The van der Waals surface area contributed by atoms with Gasteiger partial charge in [0, 0.05) is 29.4 Å². The van der Waals surface area contributed by atoms with Crippen molar-refractivity contribution >= 4 is 46.3 Å². The fourth-order valence-corrected chi connectivity index (χ4v) is 2.65. The van der Waals surface area contributed by atoms with Crippen molar-refractivity contribution in [2.24, 2.45) is 0 Å². The highest BCUT2D eigenvalue weighted by molar-refractivity contribution is 6.31. The molecule has 0 aliphatic heterocycles. The van der Waals surface area contributed by atoms with Crippen LogP contribution in [0.3, 0.4) is 0 Å². The Morgan fingerprint density at radius 2 is 1.93 bits per heavy atom. The molecule has 0 aliphatic carbocycles. The number of nitrogens with zero attached hydrogens (tertiary/aromatic N) is 3. The maximum Gasteiger partial charge on any atom is 0.249 e.